The molecule has 0 heterocycles. The van der Waals surface area contributed by atoms with Gasteiger partial charge in [-0.3, -0.25) is 0 Å². The summed E-state index contributed by atoms with van der Waals surface area (Å²) in [6, 6.07) is -1.87. The van der Waals surface area contributed by atoms with Crippen molar-refractivity contribution in [1.82, 2.24) is 5.32 Å². The molecule has 84 valence electrons. The number of hydrogen-bond donors (Lipinski definition) is 1. The summed E-state index contributed by atoms with van der Waals surface area (Å²) in [6.45, 7) is 2.92. The fourth-order valence-corrected chi connectivity index (χ4v) is 1.01. The predicted octanol–water partition coefficient (Wildman–Crippen LogP) is 2.50. The van der Waals surface area contributed by atoms with E-state index in [1.807, 2.05) is 5.32 Å². The molecule has 1 unspecified atom stereocenters. The topological polar surface area (TPSA) is 12.0 Å². The van der Waals surface area contributed by atoms with E-state index in [0.717, 1.165) is 7.05 Å². The quantitative estimate of drug-likeness (QED) is 0.570. The van der Waals surface area contributed by atoms with E-state index >= 15 is 0 Å². The molecule has 1 atom stereocenters. The van der Waals surface area contributed by atoms with E-state index in [1.54, 1.807) is 0 Å². The molecule has 0 aliphatic carbocycles. The van der Waals surface area contributed by atoms with Gasteiger partial charge in [-0.25, -0.2) is 0 Å². The maximum Gasteiger partial charge on any atom is 0.402 e. The summed E-state index contributed by atoms with van der Waals surface area (Å²) in [5.41, 5.74) is 0. The Bertz CT molecular complexity index is 179. The normalized spacial score (nSPS) is 15.7. The van der Waals surface area contributed by atoms with Crippen molar-refractivity contribution in [3.63, 3.8) is 0 Å². The molecule has 0 radical (unpaired) electrons. The lowest BCUT2D eigenvalue weighted by molar-refractivity contribution is -0.288. The average Bonchev–Trinajstić information content (AvgIpc) is 1.94. The highest BCUT2D eigenvalue weighted by atomic mass is 19.4. The van der Waals surface area contributed by atoms with Gasteiger partial charge in [0.1, 0.15) is 0 Å². The largest absolute Gasteiger partial charge is 0.402 e. The molecule has 14 heavy (non-hydrogen) atoms. The van der Waals surface area contributed by atoms with Gasteiger partial charge in [-0.15, -0.1) is 6.58 Å². The van der Waals surface area contributed by atoms with Gasteiger partial charge in [-0.1, -0.05) is 6.08 Å². The molecule has 0 bridgehead atoms. The van der Waals surface area contributed by atoms with Crippen molar-refractivity contribution >= 4 is 0 Å². The molecule has 0 saturated heterocycles. The second kappa shape index (κ2) is 4.20. The SMILES string of the molecule is C=CC(NC)C(C(F)(F)F)C(F)(F)F. The number of halogens is 6. The van der Waals surface area contributed by atoms with Crippen molar-refractivity contribution in [3.8, 4) is 0 Å². The van der Waals surface area contributed by atoms with Crippen LogP contribution in [0.2, 0.25) is 0 Å². The summed E-state index contributed by atoms with van der Waals surface area (Å²) < 4.78 is 72.2. The molecule has 7 heteroatoms. The zero-order chi connectivity index (χ0) is 11.6. The van der Waals surface area contributed by atoms with Gasteiger partial charge in [0.25, 0.3) is 0 Å². The summed E-state index contributed by atoms with van der Waals surface area (Å²) >= 11 is 0. The van der Waals surface area contributed by atoms with Gasteiger partial charge in [0.2, 0.25) is 0 Å². The lowest BCUT2D eigenvalue weighted by Crippen LogP contribution is -2.49. The molecule has 0 aliphatic rings. The zero-order valence-corrected chi connectivity index (χ0v) is 7.21. The van der Waals surface area contributed by atoms with Gasteiger partial charge in [-0.2, -0.15) is 26.3 Å². The van der Waals surface area contributed by atoms with Gasteiger partial charge in [0.15, 0.2) is 5.92 Å². The Labute approximate surface area is 76.8 Å². The first-order chi connectivity index (χ1) is 6.14. The van der Waals surface area contributed by atoms with E-state index in [9.17, 15) is 26.3 Å². The Morgan fingerprint density at radius 2 is 1.43 bits per heavy atom. The first-order valence-corrected chi connectivity index (χ1v) is 3.57. The van der Waals surface area contributed by atoms with Crippen molar-refractivity contribution < 1.29 is 26.3 Å². The molecule has 0 fully saturated rings. The van der Waals surface area contributed by atoms with Crippen molar-refractivity contribution in [2.45, 2.75) is 18.4 Å². The second-order valence-electron chi connectivity index (χ2n) is 2.61. The molecular formula is C7H9F6N. The van der Waals surface area contributed by atoms with E-state index in [2.05, 4.69) is 6.58 Å². The minimum Gasteiger partial charge on any atom is -0.313 e. The van der Waals surface area contributed by atoms with Crippen LogP contribution < -0.4 is 5.32 Å². The lowest BCUT2D eigenvalue weighted by Gasteiger charge is -2.28. The standard InChI is InChI=1S/C7H9F6N/c1-3-4(14-2)5(6(8,9)10)7(11,12)13/h3-5,14H,1H2,2H3. The van der Waals surface area contributed by atoms with Gasteiger partial charge < -0.3 is 5.32 Å². The van der Waals surface area contributed by atoms with Crippen LogP contribution in [0.15, 0.2) is 12.7 Å². The zero-order valence-electron chi connectivity index (χ0n) is 7.21. The highest BCUT2D eigenvalue weighted by Crippen LogP contribution is 2.41. The first-order valence-electron chi connectivity index (χ1n) is 3.57. The molecule has 1 nitrogen and oxygen atoms in total. The van der Waals surface area contributed by atoms with Crippen LogP contribution in [-0.2, 0) is 0 Å². The lowest BCUT2D eigenvalue weighted by atomic mass is 9.99. The summed E-state index contributed by atoms with van der Waals surface area (Å²) in [7, 11) is 1.01. The third kappa shape index (κ3) is 3.21. The van der Waals surface area contributed by atoms with Gasteiger partial charge in [0.05, 0.1) is 0 Å². The molecule has 0 aromatic rings. The van der Waals surface area contributed by atoms with E-state index in [-0.39, 0.29) is 0 Å². The molecule has 0 spiro atoms. The fourth-order valence-electron chi connectivity index (χ4n) is 1.01. The molecule has 0 aliphatic heterocycles. The Morgan fingerprint density at radius 1 is 1.07 bits per heavy atom. The van der Waals surface area contributed by atoms with Gasteiger partial charge >= 0.3 is 12.4 Å². The summed E-state index contributed by atoms with van der Waals surface area (Å²) in [5, 5.41) is 1.91. The van der Waals surface area contributed by atoms with Crippen LogP contribution in [0, 0.1) is 5.92 Å². The van der Waals surface area contributed by atoms with Crippen LogP contribution in [0.5, 0.6) is 0 Å². The summed E-state index contributed by atoms with van der Waals surface area (Å²) in [6.07, 6.45) is -10.1. The third-order valence-corrected chi connectivity index (χ3v) is 1.65. The second-order valence-corrected chi connectivity index (χ2v) is 2.61. The van der Waals surface area contributed by atoms with Crippen LogP contribution in [0.1, 0.15) is 0 Å². The van der Waals surface area contributed by atoms with Crippen LogP contribution in [-0.4, -0.2) is 25.4 Å². The summed E-state index contributed by atoms with van der Waals surface area (Å²) in [4.78, 5) is 0. The maximum atomic E-state index is 12.0. The van der Waals surface area contributed by atoms with Gasteiger partial charge in [0, 0.05) is 6.04 Å². The van der Waals surface area contributed by atoms with E-state index < -0.39 is 24.3 Å². The van der Waals surface area contributed by atoms with Crippen LogP contribution in [0.25, 0.3) is 0 Å². The molecule has 0 amide bonds. The van der Waals surface area contributed by atoms with Crippen LogP contribution in [0.3, 0.4) is 0 Å². The Morgan fingerprint density at radius 3 is 1.50 bits per heavy atom. The fraction of sp³-hybridized carbons (Fsp3) is 0.714. The molecular weight excluding hydrogens is 212 g/mol. The van der Waals surface area contributed by atoms with Crippen LogP contribution in [0.4, 0.5) is 26.3 Å². The molecule has 0 saturated carbocycles. The number of rotatable bonds is 3. The molecule has 0 rings (SSSR count). The highest BCUT2D eigenvalue weighted by Gasteiger charge is 2.59. The summed E-state index contributed by atoms with van der Waals surface area (Å²) in [5.74, 6) is -3.42. The van der Waals surface area contributed by atoms with Crippen molar-refractivity contribution in [2.24, 2.45) is 5.92 Å². The molecule has 1 N–H and O–H groups in total. The number of hydrogen-bond acceptors (Lipinski definition) is 1. The predicted molar refractivity (Wildman–Crippen MR) is 38.6 cm³/mol. The van der Waals surface area contributed by atoms with Crippen molar-refractivity contribution in [2.75, 3.05) is 7.05 Å². The molecule has 0 aromatic carbocycles. The van der Waals surface area contributed by atoms with E-state index in [4.69, 9.17) is 0 Å². The van der Waals surface area contributed by atoms with Crippen LogP contribution >= 0.6 is 0 Å². The number of alkyl halides is 6. The Hall–Kier alpha value is -0.720. The minimum atomic E-state index is -5.33. The Balaban J connectivity index is 5.00. The first kappa shape index (κ1) is 13.3. The van der Waals surface area contributed by atoms with Crippen molar-refractivity contribution in [1.29, 1.82) is 0 Å². The van der Waals surface area contributed by atoms with E-state index in [1.165, 1.54) is 0 Å². The third-order valence-electron chi connectivity index (χ3n) is 1.65. The highest BCUT2D eigenvalue weighted by molar-refractivity contribution is 4.96. The maximum absolute atomic E-state index is 12.0. The average molecular weight is 221 g/mol. The number of nitrogens with one attached hydrogen (secondary N) is 1. The Kier molecular flexibility index (Phi) is 3.99. The van der Waals surface area contributed by atoms with Crippen molar-refractivity contribution in [3.05, 3.63) is 12.7 Å². The monoisotopic (exact) mass is 221 g/mol. The minimum absolute atomic E-state index is 0.589. The number of likely N-dealkylation sites (N-methyl/N-ethyl adjacent to an activating group) is 1. The smallest absolute Gasteiger partial charge is 0.313 e. The van der Waals surface area contributed by atoms with Gasteiger partial charge in [-0.05, 0) is 7.05 Å². The van der Waals surface area contributed by atoms with E-state index in [0.29, 0.717) is 6.08 Å². The molecule has 0 aromatic heterocycles.